The first-order valence-electron chi connectivity index (χ1n) is 7.75. The van der Waals surface area contributed by atoms with Crippen LogP contribution in [0.3, 0.4) is 0 Å². The zero-order valence-corrected chi connectivity index (χ0v) is 21.5. The highest BCUT2D eigenvalue weighted by molar-refractivity contribution is 6.90. The van der Waals surface area contributed by atoms with Crippen LogP contribution in [0.5, 0.6) is 0 Å². The molecule has 0 aromatic heterocycles. The summed E-state index contributed by atoms with van der Waals surface area (Å²) in [5, 5.41) is 0. The van der Waals surface area contributed by atoms with Crippen molar-refractivity contribution in [2.75, 3.05) is 7.11 Å². The van der Waals surface area contributed by atoms with Gasteiger partial charge in [0.2, 0.25) is 0 Å². The molecule has 0 spiro atoms. The third-order valence-corrected chi connectivity index (χ3v) is 16.5. The quantitative estimate of drug-likeness (QED) is 0.539. The topological polar surface area (TPSA) is 46.2 Å². The average molecular weight is 401 g/mol. The molecule has 0 aromatic rings. The van der Waals surface area contributed by atoms with Crippen LogP contribution in [0.1, 0.15) is 0 Å². The van der Waals surface area contributed by atoms with Gasteiger partial charge in [-0.1, -0.05) is 0 Å². The third-order valence-electron chi connectivity index (χ3n) is 2.16. The summed E-state index contributed by atoms with van der Waals surface area (Å²) in [5.41, 5.74) is 0. The van der Waals surface area contributed by atoms with Crippen LogP contribution in [-0.4, -0.2) is 49.7 Å². The van der Waals surface area contributed by atoms with Crippen LogP contribution in [-0.2, 0) is 20.9 Å². The predicted molar refractivity (Wildman–Crippen MR) is 105 cm³/mol. The summed E-state index contributed by atoms with van der Waals surface area (Å²) in [4.78, 5) is 0. The molecule has 0 aliphatic rings. The van der Waals surface area contributed by atoms with Crippen molar-refractivity contribution in [3.05, 3.63) is 0 Å². The minimum Gasteiger partial charge on any atom is -0.398 e. The summed E-state index contributed by atoms with van der Waals surface area (Å²) in [5.74, 6) is 0. The molecule has 0 N–H and O–H groups in total. The lowest BCUT2D eigenvalue weighted by molar-refractivity contribution is 0.127. The summed E-state index contributed by atoms with van der Waals surface area (Å²) in [7, 11) is -9.63. The van der Waals surface area contributed by atoms with E-state index in [0.29, 0.717) is 0 Å². The second-order valence-electron chi connectivity index (χ2n) is 8.85. The molecule has 5 nitrogen and oxygen atoms in total. The van der Waals surface area contributed by atoms with E-state index < -0.39 is 42.6 Å². The fourth-order valence-electron chi connectivity index (χ4n) is 1.59. The summed E-state index contributed by atoms with van der Waals surface area (Å²) < 4.78 is 31.3. The summed E-state index contributed by atoms with van der Waals surface area (Å²) in [6, 6.07) is 0. The molecule has 0 saturated heterocycles. The van der Waals surface area contributed by atoms with Crippen LogP contribution < -0.4 is 0 Å². The average Bonchev–Trinajstić information content (AvgIpc) is 2.06. The molecular formula is C12H36O5Si5. The van der Waals surface area contributed by atoms with Gasteiger partial charge < -0.3 is 20.9 Å². The van der Waals surface area contributed by atoms with E-state index >= 15 is 0 Å². The van der Waals surface area contributed by atoms with E-state index in [1.54, 1.807) is 7.11 Å². The van der Waals surface area contributed by atoms with Crippen molar-refractivity contribution in [3.8, 4) is 0 Å². The molecule has 0 bridgehead atoms. The van der Waals surface area contributed by atoms with Gasteiger partial charge in [0.05, 0.1) is 0 Å². The van der Waals surface area contributed by atoms with Gasteiger partial charge in [0.15, 0.2) is 25.0 Å². The van der Waals surface area contributed by atoms with Crippen molar-refractivity contribution >= 4 is 42.6 Å². The Labute approximate surface area is 142 Å². The van der Waals surface area contributed by atoms with Gasteiger partial charge >= 0.3 is 17.6 Å². The van der Waals surface area contributed by atoms with Gasteiger partial charge in [0.25, 0.3) is 0 Å². The van der Waals surface area contributed by atoms with Gasteiger partial charge in [-0.2, -0.15) is 0 Å². The second kappa shape index (κ2) is 7.41. The molecular weight excluding hydrogens is 365 g/mol. The lowest BCUT2D eigenvalue weighted by Crippen LogP contribution is -2.66. The summed E-state index contributed by atoms with van der Waals surface area (Å²) in [6.45, 7) is 23.3. The minimum atomic E-state index is -3.24. The minimum absolute atomic E-state index is 1.68. The first kappa shape index (κ1) is 22.9. The number of hydrogen-bond acceptors (Lipinski definition) is 5. The molecule has 0 rings (SSSR count). The molecule has 0 unspecified atom stereocenters. The standard InChI is InChI=1S/C12H36O5Si5/c1-13-21(11,12)17-22(14-18(2,3)4,15-19(5,6)7)16-20(8,9)10/h1-12H3. The van der Waals surface area contributed by atoms with E-state index in [0.717, 1.165) is 0 Å². The van der Waals surface area contributed by atoms with Gasteiger partial charge in [-0.15, -0.1) is 0 Å². The number of rotatable bonds is 9. The molecule has 0 saturated carbocycles. The van der Waals surface area contributed by atoms with Crippen molar-refractivity contribution < 1.29 is 20.9 Å². The third kappa shape index (κ3) is 10.6. The zero-order chi connectivity index (χ0) is 18.0. The molecule has 0 aromatic carbocycles. The molecule has 0 amide bonds. The van der Waals surface area contributed by atoms with E-state index in [1.807, 2.05) is 13.1 Å². The molecule has 22 heavy (non-hydrogen) atoms. The molecule has 134 valence electrons. The lowest BCUT2D eigenvalue weighted by Gasteiger charge is -2.43. The number of hydrogen-bond donors (Lipinski definition) is 0. The highest BCUT2D eigenvalue weighted by atomic mass is 28.5. The highest BCUT2D eigenvalue weighted by Gasteiger charge is 2.56. The van der Waals surface area contributed by atoms with Crippen molar-refractivity contribution in [2.45, 2.75) is 72.0 Å². The summed E-state index contributed by atoms with van der Waals surface area (Å²) in [6.07, 6.45) is 0. The molecule has 0 aliphatic carbocycles. The highest BCUT2D eigenvalue weighted by Crippen LogP contribution is 2.29. The fourth-order valence-corrected chi connectivity index (χ4v) is 16.6. The van der Waals surface area contributed by atoms with Gasteiger partial charge in [-0.25, -0.2) is 0 Å². The van der Waals surface area contributed by atoms with Crippen LogP contribution in [0.15, 0.2) is 0 Å². The van der Waals surface area contributed by atoms with Crippen LogP contribution >= 0.6 is 0 Å². The Morgan fingerprint density at radius 3 is 0.909 bits per heavy atom. The second-order valence-corrected chi connectivity index (χ2v) is 29.0. The molecule has 0 atom stereocenters. The zero-order valence-electron chi connectivity index (χ0n) is 16.5. The van der Waals surface area contributed by atoms with E-state index in [-0.39, 0.29) is 0 Å². The maximum absolute atomic E-state index is 6.45. The fraction of sp³-hybridized carbons (Fsp3) is 1.00. The van der Waals surface area contributed by atoms with Gasteiger partial charge in [0.1, 0.15) is 0 Å². The SMILES string of the molecule is CO[Si](C)(C)O[Si](O[Si](C)(C)C)(O[Si](C)(C)C)O[Si](C)(C)C. The molecule has 0 radical (unpaired) electrons. The van der Waals surface area contributed by atoms with Crippen molar-refractivity contribution in [1.82, 2.24) is 0 Å². The van der Waals surface area contributed by atoms with E-state index in [2.05, 4.69) is 58.9 Å². The first-order valence-corrected chi connectivity index (χ1v) is 22.4. The molecule has 0 heterocycles. The Balaban J connectivity index is 5.79. The molecule has 10 heteroatoms. The molecule has 0 fully saturated rings. The van der Waals surface area contributed by atoms with E-state index in [9.17, 15) is 0 Å². The summed E-state index contributed by atoms with van der Waals surface area (Å²) >= 11 is 0. The van der Waals surface area contributed by atoms with E-state index in [4.69, 9.17) is 20.9 Å². The Hall–Kier alpha value is 0.884. The van der Waals surface area contributed by atoms with Crippen LogP contribution in [0.4, 0.5) is 0 Å². The van der Waals surface area contributed by atoms with Crippen LogP contribution in [0.25, 0.3) is 0 Å². The van der Waals surface area contributed by atoms with Crippen molar-refractivity contribution in [2.24, 2.45) is 0 Å². The maximum atomic E-state index is 6.45. The van der Waals surface area contributed by atoms with Gasteiger partial charge in [0, 0.05) is 7.11 Å². The van der Waals surface area contributed by atoms with Gasteiger partial charge in [-0.3, -0.25) is 0 Å². The smallest absolute Gasteiger partial charge is 0.398 e. The predicted octanol–water partition coefficient (Wildman–Crippen LogP) is 4.34. The molecule has 0 aliphatic heterocycles. The van der Waals surface area contributed by atoms with Crippen molar-refractivity contribution in [1.29, 1.82) is 0 Å². The Kier molecular flexibility index (Phi) is 7.71. The van der Waals surface area contributed by atoms with Crippen LogP contribution in [0, 0.1) is 0 Å². The largest absolute Gasteiger partial charge is 0.638 e. The monoisotopic (exact) mass is 400 g/mol. The lowest BCUT2D eigenvalue weighted by atomic mass is 11.8. The first-order chi connectivity index (χ1) is 9.39. The normalized spacial score (nSPS) is 15.3. The van der Waals surface area contributed by atoms with Crippen molar-refractivity contribution in [3.63, 3.8) is 0 Å². The van der Waals surface area contributed by atoms with Gasteiger partial charge in [-0.05, 0) is 72.0 Å². The Morgan fingerprint density at radius 1 is 0.455 bits per heavy atom. The van der Waals surface area contributed by atoms with Crippen LogP contribution in [0.2, 0.25) is 72.0 Å². The van der Waals surface area contributed by atoms with E-state index in [1.165, 1.54) is 0 Å². The maximum Gasteiger partial charge on any atom is 0.638 e. The Morgan fingerprint density at radius 2 is 0.727 bits per heavy atom. The Bertz CT molecular complexity index is 316.